The zero-order valence-corrected chi connectivity index (χ0v) is 11.4. The van der Waals surface area contributed by atoms with Crippen molar-refractivity contribution in [2.24, 2.45) is 0 Å². The van der Waals surface area contributed by atoms with Crippen molar-refractivity contribution >= 4 is 23.2 Å². The van der Waals surface area contributed by atoms with E-state index in [1.54, 1.807) is 24.3 Å². The van der Waals surface area contributed by atoms with Crippen LogP contribution < -0.4 is 5.32 Å². The van der Waals surface area contributed by atoms with Crippen molar-refractivity contribution in [3.63, 3.8) is 0 Å². The maximum Gasteiger partial charge on any atom is 0.274 e. The van der Waals surface area contributed by atoms with E-state index < -0.39 is 0 Å². The minimum Gasteiger partial charge on any atom is -0.321 e. The molecule has 21 heavy (non-hydrogen) atoms. The highest BCUT2D eigenvalue weighted by Crippen LogP contribution is 2.15. The molecule has 8 heteroatoms. The Morgan fingerprint density at radius 1 is 1.24 bits per heavy atom. The summed E-state index contributed by atoms with van der Waals surface area (Å²) in [6, 6.07) is 10.2. The maximum atomic E-state index is 12.1. The molecule has 0 bridgehead atoms. The number of benzene rings is 1. The second-order valence-corrected chi connectivity index (χ2v) is 4.55. The molecule has 0 aliphatic heterocycles. The molecule has 2 aromatic heterocycles. The number of halogens is 1. The molecule has 1 amide bonds. The molecule has 3 aromatic rings. The van der Waals surface area contributed by atoms with Crippen LogP contribution >= 0.6 is 11.6 Å². The van der Waals surface area contributed by atoms with E-state index in [9.17, 15) is 4.79 Å². The van der Waals surface area contributed by atoms with E-state index in [0.717, 1.165) is 5.69 Å². The lowest BCUT2D eigenvalue weighted by Gasteiger charge is -2.06. The van der Waals surface area contributed by atoms with Gasteiger partial charge in [0.25, 0.3) is 5.91 Å². The molecular formula is C13H9ClN6O. The summed E-state index contributed by atoms with van der Waals surface area (Å²) in [5, 5.41) is 14.1. The van der Waals surface area contributed by atoms with Gasteiger partial charge in [-0.25, -0.2) is 4.68 Å². The van der Waals surface area contributed by atoms with Crippen LogP contribution in [-0.4, -0.2) is 31.1 Å². The molecule has 1 aromatic carbocycles. The van der Waals surface area contributed by atoms with E-state index in [1.807, 2.05) is 6.07 Å². The Hall–Kier alpha value is -2.80. The van der Waals surface area contributed by atoms with Crippen LogP contribution in [-0.2, 0) is 0 Å². The number of nitrogens with one attached hydrogen (secondary N) is 1. The fourth-order valence-electron chi connectivity index (χ4n) is 1.73. The van der Waals surface area contributed by atoms with Gasteiger partial charge in [-0.15, -0.1) is 5.10 Å². The smallest absolute Gasteiger partial charge is 0.274 e. The van der Waals surface area contributed by atoms with Gasteiger partial charge >= 0.3 is 0 Å². The van der Waals surface area contributed by atoms with Crippen LogP contribution in [0.1, 0.15) is 10.5 Å². The van der Waals surface area contributed by atoms with E-state index in [0.29, 0.717) is 10.7 Å². The summed E-state index contributed by atoms with van der Waals surface area (Å²) in [5.74, 6) is -0.341. The first-order chi connectivity index (χ1) is 10.2. The Labute approximate surface area is 124 Å². The Morgan fingerprint density at radius 3 is 2.90 bits per heavy atom. The van der Waals surface area contributed by atoms with Crippen LogP contribution in [0.25, 0.3) is 5.69 Å². The lowest BCUT2D eigenvalue weighted by atomic mass is 10.2. The molecule has 1 N–H and O–H groups in total. The predicted molar refractivity (Wildman–Crippen MR) is 76.4 cm³/mol. The number of aromatic nitrogens is 5. The van der Waals surface area contributed by atoms with Crippen molar-refractivity contribution in [1.82, 2.24) is 25.2 Å². The van der Waals surface area contributed by atoms with Gasteiger partial charge in [0.15, 0.2) is 0 Å². The number of carbonyl (C=O) groups excluding carboxylic acids is 1. The summed E-state index contributed by atoms with van der Waals surface area (Å²) in [6.07, 6.45) is 2.95. The number of amides is 1. The number of pyridine rings is 1. The molecule has 0 radical (unpaired) electrons. The topological polar surface area (TPSA) is 85.6 Å². The molecule has 3 rings (SSSR count). The Bertz CT molecular complexity index is 774. The second kappa shape index (κ2) is 5.68. The number of nitrogens with zero attached hydrogens (tertiary/aromatic N) is 5. The number of tetrazole rings is 1. The van der Waals surface area contributed by atoms with E-state index >= 15 is 0 Å². The van der Waals surface area contributed by atoms with Gasteiger partial charge in [-0.3, -0.25) is 9.78 Å². The highest BCUT2D eigenvalue weighted by molar-refractivity contribution is 6.30. The third-order valence-electron chi connectivity index (χ3n) is 2.67. The summed E-state index contributed by atoms with van der Waals surface area (Å²) >= 11 is 5.84. The standard InChI is InChI=1S/C13H9ClN6O/c14-9-4-5-15-12(6-9)13(21)17-10-2-1-3-11(7-10)20-8-16-18-19-20/h1-8H,(H,17,21). The lowest BCUT2D eigenvalue weighted by Crippen LogP contribution is -2.13. The number of hydrogen-bond donors (Lipinski definition) is 1. The Morgan fingerprint density at radius 2 is 2.14 bits per heavy atom. The number of hydrogen-bond acceptors (Lipinski definition) is 5. The fraction of sp³-hybridized carbons (Fsp3) is 0. The molecular weight excluding hydrogens is 292 g/mol. The third-order valence-corrected chi connectivity index (χ3v) is 2.91. The largest absolute Gasteiger partial charge is 0.321 e. The SMILES string of the molecule is O=C(Nc1cccc(-n2cnnn2)c1)c1cc(Cl)ccn1. The Kier molecular flexibility index (Phi) is 3.57. The molecule has 0 spiro atoms. The monoisotopic (exact) mass is 300 g/mol. The molecule has 104 valence electrons. The van der Waals surface area contributed by atoms with Gasteiger partial charge in [0.2, 0.25) is 0 Å². The first-order valence-electron chi connectivity index (χ1n) is 5.99. The van der Waals surface area contributed by atoms with E-state index in [1.165, 1.54) is 23.3 Å². The molecule has 0 saturated heterocycles. The normalized spacial score (nSPS) is 10.3. The molecule has 7 nitrogen and oxygen atoms in total. The molecule has 0 aliphatic carbocycles. The number of rotatable bonds is 3. The number of anilines is 1. The van der Waals surface area contributed by atoms with Crippen molar-refractivity contribution in [2.75, 3.05) is 5.32 Å². The maximum absolute atomic E-state index is 12.1. The van der Waals surface area contributed by atoms with Crippen molar-refractivity contribution in [3.05, 3.63) is 59.6 Å². The average molecular weight is 301 g/mol. The average Bonchev–Trinajstić information content (AvgIpc) is 3.02. The van der Waals surface area contributed by atoms with Gasteiger partial charge < -0.3 is 5.32 Å². The predicted octanol–water partition coefficient (Wildman–Crippen LogP) is 1.96. The van der Waals surface area contributed by atoms with E-state index in [4.69, 9.17) is 11.6 Å². The van der Waals surface area contributed by atoms with Gasteiger partial charge in [-0.2, -0.15) is 0 Å². The summed E-state index contributed by atoms with van der Waals surface area (Å²) in [4.78, 5) is 16.1. The van der Waals surface area contributed by atoms with Crippen LogP contribution in [0.15, 0.2) is 48.9 Å². The van der Waals surface area contributed by atoms with Crippen LogP contribution in [0.2, 0.25) is 5.02 Å². The van der Waals surface area contributed by atoms with Gasteiger partial charge in [0.05, 0.1) is 5.69 Å². The highest BCUT2D eigenvalue weighted by Gasteiger charge is 2.09. The van der Waals surface area contributed by atoms with Gasteiger partial charge in [0, 0.05) is 16.9 Å². The van der Waals surface area contributed by atoms with Crippen molar-refractivity contribution in [2.45, 2.75) is 0 Å². The molecule has 0 unspecified atom stereocenters. The zero-order chi connectivity index (χ0) is 14.7. The second-order valence-electron chi connectivity index (χ2n) is 4.12. The molecule has 0 aliphatic rings. The van der Waals surface area contributed by atoms with Gasteiger partial charge in [0.1, 0.15) is 12.0 Å². The van der Waals surface area contributed by atoms with E-state index in [2.05, 4.69) is 25.8 Å². The summed E-state index contributed by atoms with van der Waals surface area (Å²) < 4.78 is 1.49. The fourth-order valence-corrected chi connectivity index (χ4v) is 1.89. The van der Waals surface area contributed by atoms with Crippen LogP contribution in [0, 0.1) is 0 Å². The zero-order valence-electron chi connectivity index (χ0n) is 10.6. The molecule has 2 heterocycles. The first-order valence-corrected chi connectivity index (χ1v) is 6.36. The van der Waals surface area contributed by atoms with Crippen LogP contribution in [0.4, 0.5) is 5.69 Å². The highest BCUT2D eigenvalue weighted by atomic mass is 35.5. The van der Waals surface area contributed by atoms with Crippen LogP contribution in [0.5, 0.6) is 0 Å². The minimum absolute atomic E-state index is 0.246. The summed E-state index contributed by atoms with van der Waals surface area (Å²) in [7, 11) is 0. The number of carbonyl (C=O) groups is 1. The quantitative estimate of drug-likeness (QED) is 0.799. The van der Waals surface area contributed by atoms with Crippen molar-refractivity contribution in [1.29, 1.82) is 0 Å². The molecule has 0 atom stereocenters. The van der Waals surface area contributed by atoms with Crippen molar-refractivity contribution in [3.8, 4) is 5.69 Å². The van der Waals surface area contributed by atoms with E-state index in [-0.39, 0.29) is 11.6 Å². The van der Waals surface area contributed by atoms with Gasteiger partial charge in [-0.05, 0) is 40.8 Å². The summed E-state index contributed by atoms with van der Waals surface area (Å²) in [5.41, 5.74) is 1.59. The van der Waals surface area contributed by atoms with Crippen LogP contribution in [0.3, 0.4) is 0 Å². The van der Waals surface area contributed by atoms with Crippen molar-refractivity contribution < 1.29 is 4.79 Å². The summed E-state index contributed by atoms with van der Waals surface area (Å²) in [6.45, 7) is 0. The first kappa shape index (κ1) is 13.2. The minimum atomic E-state index is -0.341. The molecule has 0 saturated carbocycles. The lowest BCUT2D eigenvalue weighted by molar-refractivity contribution is 0.102. The third kappa shape index (κ3) is 3.03. The molecule has 0 fully saturated rings. The Balaban J connectivity index is 1.82. The van der Waals surface area contributed by atoms with Gasteiger partial charge in [-0.1, -0.05) is 17.7 Å².